The quantitative estimate of drug-likeness (QED) is 0.561. The molecule has 134 valence electrons. The van der Waals surface area contributed by atoms with Crippen LogP contribution >= 0.6 is 0 Å². The van der Waals surface area contributed by atoms with E-state index in [0.29, 0.717) is 15.0 Å². The molecule has 6 heteroatoms. The number of carbonyl (C=O) groups excluding carboxylic acids is 2. The van der Waals surface area contributed by atoms with Gasteiger partial charge in [0.05, 0.1) is 0 Å². The zero-order valence-electron chi connectivity index (χ0n) is 14.7. The second-order valence-corrected chi connectivity index (χ2v) is 9.74. The van der Waals surface area contributed by atoms with Gasteiger partial charge in [-0.2, -0.15) is 0 Å². The number of nitrogens with zero attached hydrogens (tertiary/aromatic N) is 2. The number of rotatable bonds is 3. The predicted molar refractivity (Wildman–Crippen MR) is 95.3 cm³/mol. The summed E-state index contributed by atoms with van der Waals surface area (Å²) in [5, 5.41) is 3.10. The summed E-state index contributed by atoms with van der Waals surface area (Å²) in [5.41, 5.74) is -0.365. The molecule has 4 atom stereocenters. The van der Waals surface area contributed by atoms with Gasteiger partial charge in [-0.05, 0) is 0 Å². The van der Waals surface area contributed by atoms with Gasteiger partial charge in [-0.3, -0.25) is 0 Å². The molecule has 1 aromatic rings. The van der Waals surface area contributed by atoms with Gasteiger partial charge in [0.15, 0.2) is 0 Å². The van der Waals surface area contributed by atoms with Crippen LogP contribution in [0.4, 0.5) is 0 Å². The number of hydrogen-bond donors (Lipinski definition) is 0. The monoisotopic (exact) mass is 408 g/mol. The van der Waals surface area contributed by atoms with E-state index in [2.05, 4.69) is 36.3 Å². The normalized spacial score (nSPS) is 35.6. The van der Waals surface area contributed by atoms with Crippen LogP contribution in [0.5, 0.6) is 0 Å². The molecule has 0 unspecified atom stereocenters. The van der Waals surface area contributed by atoms with E-state index in [9.17, 15) is 9.59 Å². The van der Waals surface area contributed by atoms with Crippen LogP contribution in [0, 0.1) is 5.92 Å². The van der Waals surface area contributed by atoms with Crippen LogP contribution < -0.4 is 4.46 Å². The van der Waals surface area contributed by atoms with E-state index in [1.165, 1.54) is 9.36 Å². The Morgan fingerprint density at radius 3 is 2.72 bits per heavy atom. The van der Waals surface area contributed by atoms with Crippen molar-refractivity contribution in [2.75, 3.05) is 7.05 Å². The summed E-state index contributed by atoms with van der Waals surface area (Å²) in [6.07, 6.45) is 3.60. The third kappa shape index (κ3) is 2.76. The summed E-state index contributed by atoms with van der Waals surface area (Å²) in [7, 11) is 1.58. The first kappa shape index (κ1) is 17.2. The van der Waals surface area contributed by atoms with Crippen LogP contribution in [-0.2, 0) is 14.4 Å². The molecule has 3 fully saturated rings. The molecule has 0 N–H and O–H groups in total. The fourth-order valence-electron chi connectivity index (χ4n) is 4.47. The Hall–Kier alpha value is -1.20. The summed E-state index contributed by atoms with van der Waals surface area (Å²) in [4.78, 5) is 32.5. The topological polar surface area (TPSA) is 49.9 Å². The van der Waals surface area contributed by atoms with Crippen LogP contribution in [-0.4, -0.2) is 61.5 Å². The van der Waals surface area contributed by atoms with Crippen molar-refractivity contribution in [3.8, 4) is 0 Å². The van der Waals surface area contributed by atoms with Gasteiger partial charge in [-0.15, -0.1) is 0 Å². The number of likely N-dealkylation sites (N-methyl/N-ethyl adjacent to an activating group) is 1. The Labute approximate surface area is 154 Å². The second kappa shape index (κ2) is 6.51. The van der Waals surface area contributed by atoms with E-state index in [0.717, 1.165) is 31.0 Å². The molecule has 0 bridgehead atoms. The van der Waals surface area contributed by atoms with Crippen molar-refractivity contribution in [3.05, 3.63) is 30.3 Å². The first-order chi connectivity index (χ1) is 12.0. The van der Waals surface area contributed by atoms with Crippen molar-refractivity contribution in [1.82, 2.24) is 9.96 Å². The Kier molecular flexibility index (Phi) is 4.48. The van der Waals surface area contributed by atoms with Crippen molar-refractivity contribution >= 4 is 31.2 Å². The molecule has 0 saturated carbocycles. The molecule has 3 saturated heterocycles. The first-order valence-electron chi connectivity index (χ1n) is 8.98. The summed E-state index contributed by atoms with van der Waals surface area (Å²) in [6, 6.07) is 10.8. The van der Waals surface area contributed by atoms with Gasteiger partial charge in [0, 0.05) is 0 Å². The number of fused-ring (bicyclic) bond motifs is 3. The average molecular weight is 407 g/mol. The van der Waals surface area contributed by atoms with Gasteiger partial charge in [0.1, 0.15) is 0 Å². The third-order valence-electron chi connectivity index (χ3n) is 5.86. The van der Waals surface area contributed by atoms with E-state index in [-0.39, 0.29) is 29.3 Å². The Morgan fingerprint density at radius 1 is 1.20 bits per heavy atom. The number of benzene rings is 1. The summed E-state index contributed by atoms with van der Waals surface area (Å²) in [5.74, 6) is -0.610. The van der Waals surface area contributed by atoms with E-state index >= 15 is 0 Å². The zero-order chi connectivity index (χ0) is 17.6. The minimum absolute atomic E-state index is 0.0748. The van der Waals surface area contributed by atoms with Crippen LogP contribution in [0.3, 0.4) is 0 Å². The van der Waals surface area contributed by atoms with E-state index in [1.807, 2.05) is 6.07 Å². The molecule has 4 rings (SSSR count). The van der Waals surface area contributed by atoms with Crippen molar-refractivity contribution in [3.63, 3.8) is 0 Å². The molecule has 3 heterocycles. The number of carbonyl (C=O) groups is 2. The molecule has 3 aliphatic rings. The Balaban J connectivity index is 1.57. The van der Waals surface area contributed by atoms with Gasteiger partial charge >= 0.3 is 155 Å². The SMILES string of the molecule is CN1C(=O)[C@H]2ON3[C@@H](C[Se]c4ccccc4)CCCC[C@]3(C)[C@H]2C1=O. The molecule has 0 spiro atoms. The predicted octanol–water partition coefficient (Wildman–Crippen LogP) is 1.37. The standard InChI is InChI=1S/C19H24N2O3Se/c1-19-11-7-6-8-13(12-25-14-9-4-3-5-10-14)21(19)24-16-15(19)17(22)20(2)18(16)23/h3-5,9-10,13,15-16H,6-8,11-12H2,1-2H3/t13-,15-,16+,19-/m1/s1. The van der Waals surface area contributed by atoms with Crippen molar-refractivity contribution in [2.45, 2.75) is 55.6 Å². The summed E-state index contributed by atoms with van der Waals surface area (Å²) >= 11 is 0.364. The van der Waals surface area contributed by atoms with Gasteiger partial charge < -0.3 is 0 Å². The fourth-order valence-corrected chi connectivity index (χ4v) is 6.64. The van der Waals surface area contributed by atoms with Crippen molar-refractivity contribution in [2.24, 2.45) is 5.92 Å². The zero-order valence-corrected chi connectivity index (χ0v) is 16.4. The molecule has 5 nitrogen and oxygen atoms in total. The maximum absolute atomic E-state index is 12.7. The first-order valence-corrected chi connectivity index (χ1v) is 11.0. The van der Waals surface area contributed by atoms with Gasteiger partial charge in [0.2, 0.25) is 0 Å². The van der Waals surface area contributed by atoms with E-state index in [1.54, 1.807) is 7.05 Å². The van der Waals surface area contributed by atoms with Gasteiger partial charge in [-0.25, -0.2) is 0 Å². The molecule has 25 heavy (non-hydrogen) atoms. The molecule has 0 aliphatic carbocycles. The van der Waals surface area contributed by atoms with Crippen LogP contribution in [0.2, 0.25) is 5.32 Å². The van der Waals surface area contributed by atoms with E-state index in [4.69, 9.17) is 4.84 Å². The molecule has 2 amide bonds. The summed E-state index contributed by atoms with van der Waals surface area (Å²) < 4.78 is 1.38. The van der Waals surface area contributed by atoms with E-state index < -0.39 is 6.10 Å². The Bertz CT molecular complexity index is 683. The number of amides is 2. The number of likely N-dealkylation sites (tertiary alicyclic amines) is 1. The molecule has 0 radical (unpaired) electrons. The maximum atomic E-state index is 12.7. The molecule has 1 aromatic carbocycles. The van der Waals surface area contributed by atoms with Crippen LogP contribution in [0.1, 0.15) is 32.6 Å². The average Bonchev–Trinajstić information content (AvgIpc) is 2.96. The number of hydroxylamine groups is 2. The Morgan fingerprint density at radius 2 is 1.96 bits per heavy atom. The van der Waals surface area contributed by atoms with Crippen LogP contribution in [0.25, 0.3) is 0 Å². The number of hydrogen-bond acceptors (Lipinski definition) is 4. The second-order valence-electron chi connectivity index (χ2n) is 7.45. The van der Waals surface area contributed by atoms with Crippen molar-refractivity contribution < 1.29 is 14.4 Å². The molecular formula is C19H24N2O3Se. The van der Waals surface area contributed by atoms with Gasteiger partial charge in [-0.1, -0.05) is 0 Å². The third-order valence-corrected chi connectivity index (χ3v) is 8.29. The van der Waals surface area contributed by atoms with Crippen LogP contribution in [0.15, 0.2) is 30.3 Å². The van der Waals surface area contributed by atoms with Crippen molar-refractivity contribution in [1.29, 1.82) is 0 Å². The number of imide groups is 1. The minimum atomic E-state index is -0.618. The summed E-state index contributed by atoms with van der Waals surface area (Å²) in [6.45, 7) is 2.12. The molecule has 0 aromatic heterocycles. The molecular weight excluding hydrogens is 383 g/mol. The fraction of sp³-hybridized carbons (Fsp3) is 0.579. The van der Waals surface area contributed by atoms with Gasteiger partial charge in [0.25, 0.3) is 0 Å². The molecule has 3 aliphatic heterocycles.